The first-order chi connectivity index (χ1) is 7.78. The second-order valence-corrected chi connectivity index (χ2v) is 5.58. The highest BCUT2D eigenvalue weighted by Gasteiger charge is 2.42. The van der Waals surface area contributed by atoms with Crippen molar-refractivity contribution in [3.05, 3.63) is 12.7 Å². The lowest BCUT2D eigenvalue weighted by atomic mass is 9.66. The Morgan fingerprint density at radius 2 is 1.75 bits per heavy atom. The summed E-state index contributed by atoms with van der Waals surface area (Å²) in [4.78, 5) is 0. The first-order valence-electron chi connectivity index (χ1n) is 6.85. The molecule has 1 saturated carbocycles. The zero-order valence-electron chi connectivity index (χ0n) is 10.3. The van der Waals surface area contributed by atoms with Crippen molar-refractivity contribution >= 4 is 0 Å². The molecule has 0 aromatic heterocycles. The molecule has 1 aliphatic carbocycles. The second kappa shape index (κ2) is 5.33. The quantitative estimate of drug-likeness (QED) is 0.721. The molecule has 1 spiro atoms. The molecule has 1 N–H and O–H groups in total. The normalized spacial score (nSPS) is 31.2. The monoisotopic (exact) mass is 223 g/mol. The second-order valence-electron chi connectivity index (χ2n) is 5.58. The van der Waals surface area contributed by atoms with E-state index in [1.165, 1.54) is 44.9 Å². The van der Waals surface area contributed by atoms with Crippen LogP contribution in [0.3, 0.4) is 0 Å². The maximum Gasteiger partial charge on any atom is 0.0440 e. The summed E-state index contributed by atoms with van der Waals surface area (Å²) in [6, 6.07) is 0.327. The van der Waals surface area contributed by atoms with Gasteiger partial charge in [-0.2, -0.15) is 5.06 Å². The largest absolute Gasteiger partial charge is 0.314 e. The molecule has 0 amide bonds. The van der Waals surface area contributed by atoms with Gasteiger partial charge in [0.1, 0.15) is 0 Å². The zero-order chi connectivity index (χ0) is 11.4. The Morgan fingerprint density at radius 3 is 2.38 bits per heavy atom. The summed E-state index contributed by atoms with van der Waals surface area (Å²) in [5, 5.41) is 11.8. The summed E-state index contributed by atoms with van der Waals surface area (Å²) in [6.45, 7) is 4.71. The van der Waals surface area contributed by atoms with Crippen molar-refractivity contribution in [2.45, 2.75) is 63.8 Å². The third kappa shape index (κ3) is 2.33. The molecule has 1 aliphatic heterocycles. The molecular formula is C14H25NO. The molecule has 2 heteroatoms. The Hall–Kier alpha value is -0.340. The molecule has 0 radical (unpaired) electrons. The Labute approximate surface area is 99.3 Å². The van der Waals surface area contributed by atoms with Crippen molar-refractivity contribution in [3.63, 3.8) is 0 Å². The molecule has 2 nitrogen and oxygen atoms in total. The standard InChI is InChI=1S/C14H25NO/c1-2-8-13-14(9-4-3-5-10-14)11-6-7-12-15(13)16/h2,13,16H,1,3-12H2. The molecular weight excluding hydrogens is 198 g/mol. The van der Waals surface area contributed by atoms with Crippen molar-refractivity contribution in [1.29, 1.82) is 0 Å². The Morgan fingerprint density at radius 1 is 1.12 bits per heavy atom. The van der Waals surface area contributed by atoms with E-state index in [1.54, 1.807) is 5.06 Å². The smallest absolute Gasteiger partial charge is 0.0440 e. The molecule has 2 fully saturated rings. The summed E-state index contributed by atoms with van der Waals surface area (Å²) in [6.07, 6.45) is 13.4. The van der Waals surface area contributed by atoms with E-state index < -0.39 is 0 Å². The number of rotatable bonds is 2. The van der Waals surface area contributed by atoms with Crippen LogP contribution < -0.4 is 0 Å². The fourth-order valence-electron chi connectivity index (χ4n) is 3.76. The van der Waals surface area contributed by atoms with Crippen LogP contribution in [0.2, 0.25) is 0 Å². The van der Waals surface area contributed by atoms with Crippen LogP contribution in [0.25, 0.3) is 0 Å². The van der Waals surface area contributed by atoms with E-state index in [0.717, 1.165) is 19.4 Å². The molecule has 2 rings (SSSR count). The van der Waals surface area contributed by atoms with Crippen LogP contribution >= 0.6 is 0 Å². The molecule has 1 unspecified atom stereocenters. The molecule has 1 heterocycles. The first kappa shape index (κ1) is 12.1. The van der Waals surface area contributed by atoms with Crippen molar-refractivity contribution in [2.24, 2.45) is 5.41 Å². The summed E-state index contributed by atoms with van der Waals surface area (Å²) in [5.74, 6) is 0. The topological polar surface area (TPSA) is 23.5 Å². The molecule has 92 valence electrons. The van der Waals surface area contributed by atoms with E-state index in [0.29, 0.717) is 11.5 Å². The lowest BCUT2D eigenvalue weighted by Gasteiger charge is -2.45. The zero-order valence-corrected chi connectivity index (χ0v) is 10.3. The van der Waals surface area contributed by atoms with Gasteiger partial charge in [0.2, 0.25) is 0 Å². The van der Waals surface area contributed by atoms with Crippen molar-refractivity contribution < 1.29 is 5.21 Å². The van der Waals surface area contributed by atoms with E-state index in [2.05, 4.69) is 6.58 Å². The molecule has 1 saturated heterocycles. The van der Waals surface area contributed by atoms with Crippen molar-refractivity contribution in [2.75, 3.05) is 6.54 Å². The van der Waals surface area contributed by atoms with E-state index in [9.17, 15) is 5.21 Å². The van der Waals surface area contributed by atoms with Crippen LogP contribution in [0.4, 0.5) is 0 Å². The van der Waals surface area contributed by atoms with Crippen molar-refractivity contribution in [1.82, 2.24) is 5.06 Å². The van der Waals surface area contributed by atoms with Gasteiger partial charge in [-0.1, -0.05) is 31.8 Å². The minimum Gasteiger partial charge on any atom is -0.314 e. The molecule has 0 bridgehead atoms. The SMILES string of the molecule is C=CCC1N(O)CCCCC12CCCCC2. The minimum atomic E-state index is 0.327. The van der Waals surface area contributed by atoms with E-state index in [4.69, 9.17) is 0 Å². The van der Waals surface area contributed by atoms with Crippen LogP contribution in [0.1, 0.15) is 57.8 Å². The number of hydroxylamine groups is 2. The maximum absolute atomic E-state index is 10.2. The van der Waals surface area contributed by atoms with E-state index >= 15 is 0 Å². The molecule has 2 aliphatic rings. The number of hydrogen-bond donors (Lipinski definition) is 1. The Balaban J connectivity index is 2.18. The van der Waals surface area contributed by atoms with Gasteiger partial charge in [0, 0.05) is 12.6 Å². The highest BCUT2D eigenvalue weighted by molar-refractivity contribution is 4.97. The number of hydrogen-bond acceptors (Lipinski definition) is 2. The lowest BCUT2D eigenvalue weighted by Crippen LogP contribution is -2.46. The van der Waals surface area contributed by atoms with Crippen LogP contribution in [-0.2, 0) is 0 Å². The van der Waals surface area contributed by atoms with Gasteiger partial charge in [-0.25, -0.2) is 0 Å². The van der Waals surface area contributed by atoms with Crippen molar-refractivity contribution in [3.8, 4) is 0 Å². The van der Waals surface area contributed by atoms with Gasteiger partial charge in [0.15, 0.2) is 0 Å². The molecule has 0 aromatic carbocycles. The maximum atomic E-state index is 10.2. The average molecular weight is 223 g/mol. The summed E-state index contributed by atoms with van der Waals surface area (Å²) >= 11 is 0. The van der Waals surface area contributed by atoms with Gasteiger partial charge in [0.05, 0.1) is 0 Å². The summed E-state index contributed by atoms with van der Waals surface area (Å²) in [5.41, 5.74) is 0.387. The van der Waals surface area contributed by atoms with Gasteiger partial charge >= 0.3 is 0 Å². The minimum absolute atomic E-state index is 0.327. The predicted molar refractivity (Wildman–Crippen MR) is 66.5 cm³/mol. The lowest BCUT2D eigenvalue weighted by molar-refractivity contribution is -0.160. The molecule has 0 aromatic rings. The fraction of sp³-hybridized carbons (Fsp3) is 0.857. The van der Waals surface area contributed by atoms with Gasteiger partial charge in [-0.05, 0) is 37.5 Å². The van der Waals surface area contributed by atoms with Crippen LogP contribution in [-0.4, -0.2) is 22.9 Å². The van der Waals surface area contributed by atoms with Gasteiger partial charge in [-0.3, -0.25) is 0 Å². The molecule has 16 heavy (non-hydrogen) atoms. The van der Waals surface area contributed by atoms with Crippen LogP contribution in [0, 0.1) is 5.41 Å². The Bertz CT molecular complexity index is 233. The predicted octanol–water partition coefficient (Wildman–Crippen LogP) is 3.76. The van der Waals surface area contributed by atoms with E-state index in [1.807, 2.05) is 6.08 Å². The third-order valence-corrected chi connectivity index (χ3v) is 4.62. The first-order valence-corrected chi connectivity index (χ1v) is 6.85. The Kier molecular flexibility index (Phi) is 4.04. The van der Waals surface area contributed by atoms with Gasteiger partial charge in [0.25, 0.3) is 0 Å². The van der Waals surface area contributed by atoms with Gasteiger partial charge in [-0.15, -0.1) is 6.58 Å². The van der Waals surface area contributed by atoms with Gasteiger partial charge < -0.3 is 5.21 Å². The average Bonchev–Trinajstić information content (AvgIpc) is 2.45. The van der Waals surface area contributed by atoms with Crippen LogP contribution in [0.15, 0.2) is 12.7 Å². The summed E-state index contributed by atoms with van der Waals surface area (Å²) < 4.78 is 0. The third-order valence-electron chi connectivity index (χ3n) is 4.62. The highest BCUT2D eigenvalue weighted by atomic mass is 16.5. The molecule has 1 atom stereocenters. The van der Waals surface area contributed by atoms with Crippen LogP contribution in [0.5, 0.6) is 0 Å². The number of nitrogens with zero attached hydrogens (tertiary/aromatic N) is 1. The highest BCUT2D eigenvalue weighted by Crippen LogP contribution is 2.47. The summed E-state index contributed by atoms with van der Waals surface area (Å²) in [7, 11) is 0. The fourth-order valence-corrected chi connectivity index (χ4v) is 3.76. The van der Waals surface area contributed by atoms with E-state index in [-0.39, 0.29) is 0 Å².